The number of carbonyl (C=O) groups excluding carboxylic acids is 1. The van der Waals surface area contributed by atoms with Crippen LogP contribution in [0.1, 0.15) is 12.2 Å². The standard InChI is InChI=1S/C14H14Cl2N2O2/c15-10-3-4-13(12(16)8-10)17-6-5-14(19)18-9-11-2-1-7-20-11/h1-4,7-8,17H,5-6,9H2,(H,18,19). The van der Waals surface area contributed by atoms with Crippen molar-refractivity contribution in [2.24, 2.45) is 0 Å². The van der Waals surface area contributed by atoms with Gasteiger partial charge in [0.1, 0.15) is 5.76 Å². The summed E-state index contributed by atoms with van der Waals surface area (Å²) in [6, 6.07) is 8.78. The molecule has 0 bridgehead atoms. The van der Waals surface area contributed by atoms with E-state index in [1.807, 2.05) is 6.07 Å². The molecule has 0 aliphatic carbocycles. The molecular weight excluding hydrogens is 299 g/mol. The molecule has 0 aliphatic heterocycles. The lowest BCUT2D eigenvalue weighted by molar-refractivity contribution is -0.121. The van der Waals surface area contributed by atoms with Gasteiger partial charge in [0.05, 0.1) is 23.5 Å². The van der Waals surface area contributed by atoms with Crippen LogP contribution in [0.2, 0.25) is 10.0 Å². The van der Waals surface area contributed by atoms with Gasteiger partial charge in [0.15, 0.2) is 0 Å². The minimum absolute atomic E-state index is 0.0565. The Hall–Kier alpha value is -1.65. The summed E-state index contributed by atoms with van der Waals surface area (Å²) in [6.45, 7) is 0.888. The van der Waals surface area contributed by atoms with Crippen LogP contribution in [0.25, 0.3) is 0 Å². The molecule has 20 heavy (non-hydrogen) atoms. The Kier molecular flexibility index (Phi) is 5.32. The molecule has 2 rings (SSSR count). The van der Waals surface area contributed by atoms with E-state index in [1.165, 1.54) is 0 Å². The zero-order chi connectivity index (χ0) is 14.4. The predicted octanol–water partition coefficient (Wildman–Crippen LogP) is 3.70. The maximum atomic E-state index is 11.6. The van der Waals surface area contributed by atoms with E-state index in [1.54, 1.807) is 30.5 Å². The first kappa shape index (κ1) is 14.8. The van der Waals surface area contributed by atoms with Crippen molar-refractivity contribution in [1.82, 2.24) is 5.32 Å². The average molecular weight is 313 g/mol. The second-order valence-electron chi connectivity index (χ2n) is 4.16. The third-order valence-electron chi connectivity index (χ3n) is 2.64. The van der Waals surface area contributed by atoms with Gasteiger partial charge in [-0.25, -0.2) is 0 Å². The number of anilines is 1. The molecule has 4 nitrogen and oxygen atoms in total. The van der Waals surface area contributed by atoms with Crippen molar-refractivity contribution in [3.05, 3.63) is 52.4 Å². The molecule has 1 amide bonds. The summed E-state index contributed by atoms with van der Waals surface area (Å²) in [5, 5.41) is 6.97. The van der Waals surface area contributed by atoms with Crippen molar-refractivity contribution in [1.29, 1.82) is 0 Å². The molecule has 2 aromatic rings. The molecule has 0 saturated carbocycles. The molecule has 0 saturated heterocycles. The van der Waals surface area contributed by atoms with E-state index in [0.29, 0.717) is 29.6 Å². The third-order valence-corrected chi connectivity index (χ3v) is 3.19. The van der Waals surface area contributed by atoms with Crippen molar-refractivity contribution in [3.63, 3.8) is 0 Å². The Bertz CT molecular complexity index is 571. The minimum Gasteiger partial charge on any atom is -0.467 e. The second-order valence-corrected chi connectivity index (χ2v) is 5.00. The van der Waals surface area contributed by atoms with Crippen LogP contribution in [0.15, 0.2) is 41.0 Å². The van der Waals surface area contributed by atoms with Crippen molar-refractivity contribution >= 4 is 34.8 Å². The van der Waals surface area contributed by atoms with Gasteiger partial charge in [-0.1, -0.05) is 23.2 Å². The summed E-state index contributed by atoms with van der Waals surface area (Å²) < 4.78 is 5.12. The SMILES string of the molecule is O=C(CCNc1ccc(Cl)cc1Cl)NCc1ccco1. The molecule has 2 N–H and O–H groups in total. The molecule has 0 aliphatic rings. The molecule has 6 heteroatoms. The first-order valence-corrected chi connectivity index (χ1v) is 6.89. The number of furan rings is 1. The van der Waals surface area contributed by atoms with E-state index in [2.05, 4.69) is 10.6 Å². The molecule has 0 atom stereocenters. The largest absolute Gasteiger partial charge is 0.467 e. The molecule has 0 unspecified atom stereocenters. The summed E-state index contributed by atoms with van der Waals surface area (Å²) in [4.78, 5) is 11.6. The first-order valence-electron chi connectivity index (χ1n) is 6.13. The lowest BCUT2D eigenvalue weighted by atomic mass is 10.3. The van der Waals surface area contributed by atoms with Crippen LogP contribution in [-0.4, -0.2) is 12.5 Å². The van der Waals surface area contributed by atoms with Gasteiger partial charge in [-0.15, -0.1) is 0 Å². The highest BCUT2D eigenvalue weighted by atomic mass is 35.5. The number of benzene rings is 1. The predicted molar refractivity (Wildman–Crippen MR) is 80.1 cm³/mol. The monoisotopic (exact) mass is 312 g/mol. The van der Waals surface area contributed by atoms with Gasteiger partial charge in [0.2, 0.25) is 5.91 Å². The molecule has 0 fully saturated rings. The van der Waals surface area contributed by atoms with Crippen LogP contribution in [0.3, 0.4) is 0 Å². The molecule has 0 spiro atoms. The molecule has 106 valence electrons. The van der Waals surface area contributed by atoms with Crippen molar-refractivity contribution in [2.75, 3.05) is 11.9 Å². The average Bonchev–Trinajstić information content (AvgIpc) is 2.92. The van der Waals surface area contributed by atoms with E-state index in [-0.39, 0.29) is 5.91 Å². The highest BCUT2D eigenvalue weighted by molar-refractivity contribution is 6.36. The molecule has 1 aromatic carbocycles. The summed E-state index contributed by atoms with van der Waals surface area (Å²) in [5.74, 6) is 0.672. The van der Waals surface area contributed by atoms with Crippen LogP contribution >= 0.6 is 23.2 Å². The summed E-state index contributed by atoms with van der Waals surface area (Å²) >= 11 is 11.8. The minimum atomic E-state index is -0.0565. The van der Waals surface area contributed by atoms with Crippen molar-refractivity contribution in [2.45, 2.75) is 13.0 Å². The fourth-order valence-electron chi connectivity index (χ4n) is 1.63. The highest BCUT2D eigenvalue weighted by Gasteiger charge is 2.04. The van der Waals surface area contributed by atoms with Gasteiger partial charge >= 0.3 is 0 Å². The Labute approximate surface area is 127 Å². The van der Waals surface area contributed by atoms with Crippen LogP contribution < -0.4 is 10.6 Å². The van der Waals surface area contributed by atoms with Crippen molar-refractivity contribution < 1.29 is 9.21 Å². The Morgan fingerprint density at radius 3 is 2.80 bits per heavy atom. The van der Waals surface area contributed by atoms with Gasteiger partial charge in [-0.05, 0) is 30.3 Å². The van der Waals surface area contributed by atoms with E-state index in [0.717, 1.165) is 11.4 Å². The number of hydrogen-bond acceptors (Lipinski definition) is 3. The lowest BCUT2D eigenvalue weighted by Gasteiger charge is -2.08. The number of nitrogens with one attached hydrogen (secondary N) is 2. The topological polar surface area (TPSA) is 54.3 Å². The van der Waals surface area contributed by atoms with E-state index >= 15 is 0 Å². The quantitative estimate of drug-likeness (QED) is 0.855. The molecule has 0 radical (unpaired) electrons. The molecule has 1 aromatic heterocycles. The highest BCUT2D eigenvalue weighted by Crippen LogP contribution is 2.25. The maximum Gasteiger partial charge on any atom is 0.222 e. The Morgan fingerprint density at radius 2 is 2.10 bits per heavy atom. The molecular formula is C14H14Cl2N2O2. The van der Waals surface area contributed by atoms with Crippen LogP contribution in [0.5, 0.6) is 0 Å². The van der Waals surface area contributed by atoms with Gasteiger partial charge in [-0.3, -0.25) is 4.79 Å². The van der Waals surface area contributed by atoms with Crippen LogP contribution in [-0.2, 0) is 11.3 Å². The number of amides is 1. The van der Waals surface area contributed by atoms with Crippen LogP contribution in [0.4, 0.5) is 5.69 Å². The zero-order valence-electron chi connectivity index (χ0n) is 10.7. The first-order chi connectivity index (χ1) is 9.65. The van der Waals surface area contributed by atoms with Crippen LogP contribution in [0, 0.1) is 0 Å². The number of carbonyl (C=O) groups is 1. The van der Waals surface area contributed by atoms with Gasteiger partial charge < -0.3 is 15.1 Å². The summed E-state index contributed by atoms with van der Waals surface area (Å²) in [5.41, 5.74) is 0.759. The van der Waals surface area contributed by atoms with Gasteiger partial charge in [0.25, 0.3) is 0 Å². The van der Waals surface area contributed by atoms with E-state index in [4.69, 9.17) is 27.6 Å². The Balaban J connectivity index is 1.71. The lowest BCUT2D eigenvalue weighted by Crippen LogP contribution is -2.24. The smallest absolute Gasteiger partial charge is 0.222 e. The normalized spacial score (nSPS) is 10.3. The fraction of sp³-hybridized carbons (Fsp3) is 0.214. The number of hydrogen-bond donors (Lipinski definition) is 2. The Morgan fingerprint density at radius 1 is 1.25 bits per heavy atom. The van der Waals surface area contributed by atoms with E-state index in [9.17, 15) is 4.79 Å². The fourth-order valence-corrected chi connectivity index (χ4v) is 2.11. The zero-order valence-corrected chi connectivity index (χ0v) is 12.2. The van der Waals surface area contributed by atoms with Crippen molar-refractivity contribution in [3.8, 4) is 0 Å². The maximum absolute atomic E-state index is 11.6. The second kappa shape index (κ2) is 7.22. The number of halogens is 2. The third kappa shape index (κ3) is 4.47. The molecule has 1 heterocycles. The number of rotatable bonds is 6. The van der Waals surface area contributed by atoms with Gasteiger partial charge in [-0.2, -0.15) is 0 Å². The van der Waals surface area contributed by atoms with Gasteiger partial charge in [0, 0.05) is 18.0 Å². The summed E-state index contributed by atoms with van der Waals surface area (Å²) in [7, 11) is 0. The van der Waals surface area contributed by atoms with E-state index < -0.39 is 0 Å². The summed E-state index contributed by atoms with van der Waals surface area (Å²) in [6.07, 6.45) is 1.92.